The zero-order chi connectivity index (χ0) is 14.4. The molecule has 0 spiro atoms. The van der Waals surface area contributed by atoms with Crippen molar-refractivity contribution >= 4 is 27.4 Å². The topological polar surface area (TPSA) is 77.3 Å². The lowest BCUT2D eigenvalue weighted by atomic mass is 10.2. The molecule has 0 saturated carbocycles. The van der Waals surface area contributed by atoms with Gasteiger partial charge in [-0.1, -0.05) is 12.2 Å². The van der Waals surface area contributed by atoms with Crippen molar-refractivity contribution in [2.75, 3.05) is 25.1 Å². The number of rotatable bonds is 7. The van der Waals surface area contributed by atoms with Gasteiger partial charge < -0.3 is 10.1 Å². The molecule has 0 radical (unpaired) electrons. The molecule has 0 aliphatic carbocycles. The molecule has 6 nitrogen and oxygen atoms in total. The molecule has 0 unspecified atom stereocenters. The van der Waals surface area contributed by atoms with Crippen LogP contribution in [0.3, 0.4) is 0 Å². The van der Waals surface area contributed by atoms with Crippen LogP contribution in [0.4, 0.5) is 11.5 Å². The van der Waals surface area contributed by atoms with Crippen molar-refractivity contribution in [1.82, 2.24) is 4.98 Å². The first-order valence-electron chi connectivity index (χ1n) is 5.69. The minimum absolute atomic E-state index is 0.00374. The fourth-order valence-corrected chi connectivity index (χ4v) is 1.81. The molecular formula is C12H16BrN3O3. The van der Waals surface area contributed by atoms with E-state index in [0.717, 1.165) is 5.57 Å². The van der Waals surface area contributed by atoms with Crippen molar-refractivity contribution in [3.05, 3.63) is 38.5 Å². The first kappa shape index (κ1) is 15.6. The molecule has 0 amide bonds. The predicted octanol–water partition coefficient (Wildman–Crippen LogP) is 3.07. The number of nitrogens with one attached hydrogen (secondary N) is 1. The van der Waals surface area contributed by atoms with Gasteiger partial charge in [0.25, 0.3) is 5.69 Å². The van der Waals surface area contributed by atoms with Crippen LogP contribution in [-0.2, 0) is 4.74 Å². The fraction of sp³-hybridized carbons (Fsp3) is 0.417. The van der Waals surface area contributed by atoms with Crippen LogP contribution < -0.4 is 5.32 Å². The quantitative estimate of drug-likeness (QED) is 0.360. The number of aromatic nitrogens is 1. The fourth-order valence-electron chi connectivity index (χ4n) is 1.36. The summed E-state index contributed by atoms with van der Waals surface area (Å²) in [5.41, 5.74) is 1.51. The highest BCUT2D eigenvalue weighted by molar-refractivity contribution is 9.10. The highest BCUT2D eigenvalue weighted by Crippen LogP contribution is 2.30. The number of hydrogen-bond donors (Lipinski definition) is 1. The van der Waals surface area contributed by atoms with Gasteiger partial charge >= 0.3 is 0 Å². The van der Waals surface area contributed by atoms with Gasteiger partial charge in [0, 0.05) is 12.1 Å². The Morgan fingerprint density at radius 3 is 2.95 bits per heavy atom. The Hall–Kier alpha value is -1.47. The lowest BCUT2D eigenvalue weighted by molar-refractivity contribution is -0.385. The van der Waals surface area contributed by atoms with E-state index in [2.05, 4.69) is 32.8 Å². The molecule has 19 heavy (non-hydrogen) atoms. The highest BCUT2D eigenvalue weighted by Gasteiger charge is 2.16. The molecule has 7 heteroatoms. The molecule has 104 valence electrons. The van der Waals surface area contributed by atoms with Gasteiger partial charge in [-0.15, -0.1) is 0 Å². The van der Waals surface area contributed by atoms with Gasteiger partial charge in [0.1, 0.15) is 12.0 Å². The second kappa shape index (κ2) is 7.20. The third kappa shape index (κ3) is 4.60. The van der Waals surface area contributed by atoms with Crippen molar-refractivity contribution in [3.8, 4) is 0 Å². The Labute approximate surface area is 120 Å². The van der Waals surface area contributed by atoms with E-state index < -0.39 is 4.92 Å². The number of hydrogen-bond acceptors (Lipinski definition) is 5. The van der Waals surface area contributed by atoms with Crippen molar-refractivity contribution in [1.29, 1.82) is 0 Å². The number of ether oxygens (including phenoxy) is 1. The molecule has 1 N–H and O–H groups in total. The second-order valence-electron chi connectivity index (χ2n) is 4.12. The summed E-state index contributed by atoms with van der Waals surface area (Å²) in [4.78, 5) is 14.3. The van der Waals surface area contributed by atoms with Crippen molar-refractivity contribution in [2.24, 2.45) is 0 Å². The normalized spacial score (nSPS) is 10.3. The van der Waals surface area contributed by atoms with E-state index in [0.29, 0.717) is 35.6 Å². The molecule has 0 fully saturated rings. The van der Waals surface area contributed by atoms with Gasteiger partial charge in [0.2, 0.25) is 0 Å². The lowest BCUT2D eigenvalue weighted by Crippen LogP contribution is -2.12. The van der Waals surface area contributed by atoms with Gasteiger partial charge in [-0.2, -0.15) is 0 Å². The molecule has 1 rings (SSSR count). The van der Waals surface area contributed by atoms with Gasteiger partial charge in [-0.25, -0.2) is 4.98 Å². The Morgan fingerprint density at radius 1 is 1.68 bits per heavy atom. The van der Waals surface area contributed by atoms with Crippen LogP contribution in [0, 0.1) is 17.0 Å². The zero-order valence-corrected chi connectivity index (χ0v) is 12.5. The van der Waals surface area contributed by atoms with Crippen LogP contribution in [-0.4, -0.2) is 29.7 Å². The first-order chi connectivity index (χ1) is 8.93. The summed E-state index contributed by atoms with van der Waals surface area (Å²) in [6, 6.07) is 0. The Kier molecular flexibility index (Phi) is 5.91. The average Bonchev–Trinajstić information content (AvgIpc) is 2.33. The van der Waals surface area contributed by atoms with Gasteiger partial charge in [-0.3, -0.25) is 10.1 Å². The first-order valence-corrected chi connectivity index (χ1v) is 6.48. The van der Waals surface area contributed by atoms with E-state index in [4.69, 9.17) is 4.74 Å². The molecule has 0 saturated heterocycles. The summed E-state index contributed by atoms with van der Waals surface area (Å²) >= 11 is 3.31. The number of pyridine rings is 1. The van der Waals surface area contributed by atoms with Crippen LogP contribution in [0.5, 0.6) is 0 Å². The van der Waals surface area contributed by atoms with Crippen LogP contribution >= 0.6 is 15.9 Å². The summed E-state index contributed by atoms with van der Waals surface area (Å²) in [7, 11) is 0. The molecular weight excluding hydrogens is 314 g/mol. The number of nitro groups is 1. The maximum Gasteiger partial charge on any atom is 0.291 e. The zero-order valence-electron chi connectivity index (χ0n) is 10.9. The predicted molar refractivity (Wildman–Crippen MR) is 77.5 cm³/mol. The third-order valence-corrected chi connectivity index (χ3v) is 3.29. The SMILES string of the molecule is C=C(C)COCCNc1ncc([N+](=O)[O-])c(C)c1Br. The van der Waals surface area contributed by atoms with E-state index >= 15 is 0 Å². The number of anilines is 1. The summed E-state index contributed by atoms with van der Waals surface area (Å²) in [5, 5.41) is 13.8. The van der Waals surface area contributed by atoms with E-state index in [1.165, 1.54) is 6.20 Å². The van der Waals surface area contributed by atoms with Crippen LogP contribution in [0.15, 0.2) is 22.8 Å². The maximum absolute atomic E-state index is 10.7. The number of halogens is 1. The van der Waals surface area contributed by atoms with Crippen molar-refractivity contribution in [3.63, 3.8) is 0 Å². The Balaban J connectivity index is 2.58. The van der Waals surface area contributed by atoms with Crippen LogP contribution in [0.1, 0.15) is 12.5 Å². The molecule has 0 aliphatic rings. The van der Waals surface area contributed by atoms with E-state index in [-0.39, 0.29) is 5.69 Å². The molecule has 0 bridgehead atoms. The summed E-state index contributed by atoms with van der Waals surface area (Å²) in [6.07, 6.45) is 1.25. The summed E-state index contributed by atoms with van der Waals surface area (Å²) < 4.78 is 5.93. The van der Waals surface area contributed by atoms with Crippen molar-refractivity contribution in [2.45, 2.75) is 13.8 Å². The monoisotopic (exact) mass is 329 g/mol. The van der Waals surface area contributed by atoms with Crippen molar-refractivity contribution < 1.29 is 9.66 Å². The average molecular weight is 330 g/mol. The second-order valence-corrected chi connectivity index (χ2v) is 4.92. The highest BCUT2D eigenvalue weighted by atomic mass is 79.9. The molecule has 1 aromatic heterocycles. The summed E-state index contributed by atoms with van der Waals surface area (Å²) in [6.45, 7) is 8.90. The number of nitrogens with zero attached hydrogens (tertiary/aromatic N) is 2. The smallest absolute Gasteiger partial charge is 0.291 e. The maximum atomic E-state index is 10.7. The lowest BCUT2D eigenvalue weighted by Gasteiger charge is -2.09. The molecule has 1 aromatic rings. The van der Waals surface area contributed by atoms with Crippen LogP contribution in [0.2, 0.25) is 0 Å². The third-order valence-electron chi connectivity index (χ3n) is 2.32. The van der Waals surface area contributed by atoms with Gasteiger partial charge in [-0.05, 0) is 29.8 Å². The van der Waals surface area contributed by atoms with E-state index in [1.54, 1.807) is 6.92 Å². The molecule has 1 heterocycles. The summed E-state index contributed by atoms with van der Waals surface area (Å²) in [5.74, 6) is 0.571. The molecule has 0 aromatic carbocycles. The van der Waals surface area contributed by atoms with Gasteiger partial charge in [0.15, 0.2) is 0 Å². The molecule has 0 atom stereocenters. The standard InChI is InChI=1S/C12H16BrN3O3/c1-8(2)7-19-5-4-14-12-11(13)9(3)10(6-15-12)16(17)18/h6H,1,4-5,7H2,2-3H3,(H,14,15). The largest absolute Gasteiger partial charge is 0.375 e. The Bertz CT molecular complexity index is 491. The molecule has 0 aliphatic heterocycles. The van der Waals surface area contributed by atoms with Crippen LogP contribution in [0.25, 0.3) is 0 Å². The minimum Gasteiger partial charge on any atom is -0.375 e. The van der Waals surface area contributed by atoms with E-state index in [1.807, 2.05) is 6.92 Å². The minimum atomic E-state index is -0.452. The van der Waals surface area contributed by atoms with Gasteiger partial charge in [0.05, 0.1) is 22.6 Å². The van der Waals surface area contributed by atoms with E-state index in [9.17, 15) is 10.1 Å². The Morgan fingerprint density at radius 2 is 2.37 bits per heavy atom.